The van der Waals surface area contributed by atoms with Crippen molar-refractivity contribution in [2.75, 3.05) is 0 Å². The van der Waals surface area contributed by atoms with Crippen molar-refractivity contribution in [3.63, 3.8) is 0 Å². The van der Waals surface area contributed by atoms with Gasteiger partial charge in [-0.2, -0.15) is 26.3 Å². The molecule has 0 N–H and O–H groups in total. The summed E-state index contributed by atoms with van der Waals surface area (Å²) < 4.78 is 85.1. The maximum atomic E-state index is 13.6. The molecule has 0 saturated heterocycles. The zero-order valence-electron chi connectivity index (χ0n) is 16.4. The second-order valence-electron chi connectivity index (χ2n) is 7.17. The van der Waals surface area contributed by atoms with E-state index < -0.39 is 23.8 Å². The first-order valence-corrected chi connectivity index (χ1v) is 9.68. The lowest BCUT2D eigenvalue weighted by Gasteiger charge is -2.22. The number of alkyl halides is 6. The first-order chi connectivity index (χ1) is 14.6. The van der Waals surface area contributed by atoms with Crippen LogP contribution in [0.3, 0.4) is 0 Å². The average molecular weight is 438 g/mol. The molecule has 0 bridgehead atoms. The summed E-state index contributed by atoms with van der Waals surface area (Å²) in [6.07, 6.45) is -9.13. The van der Waals surface area contributed by atoms with Gasteiger partial charge in [-0.3, -0.25) is 0 Å². The Balaban J connectivity index is 1.68. The monoisotopic (exact) mass is 438 g/mol. The van der Waals surface area contributed by atoms with Gasteiger partial charge in [-0.05, 0) is 60.7 Å². The maximum absolute atomic E-state index is 13.6. The molecule has 31 heavy (non-hydrogen) atoms. The van der Waals surface area contributed by atoms with Crippen LogP contribution in [-0.2, 0) is 12.6 Å². The fraction of sp³-hybridized carbons (Fsp3) is 0.250. The molecule has 0 aromatic heterocycles. The first kappa shape index (κ1) is 22.7. The fourth-order valence-electron chi connectivity index (χ4n) is 3.35. The Labute approximate surface area is 176 Å². The molecule has 0 radical (unpaired) electrons. The number of hydrogen-bond donors (Lipinski definition) is 0. The van der Waals surface area contributed by atoms with E-state index in [0.29, 0.717) is 24.0 Å². The summed E-state index contributed by atoms with van der Waals surface area (Å²) in [4.78, 5) is 0. The van der Waals surface area contributed by atoms with E-state index in [-0.39, 0.29) is 18.4 Å². The van der Waals surface area contributed by atoms with E-state index in [9.17, 15) is 26.3 Å². The molecule has 164 valence electrons. The van der Waals surface area contributed by atoms with Crippen LogP contribution >= 0.6 is 0 Å². The molecule has 0 aliphatic rings. The number of rotatable bonds is 7. The van der Waals surface area contributed by atoms with Gasteiger partial charge in [0.2, 0.25) is 0 Å². The van der Waals surface area contributed by atoms with Crippen molar-refractivity contribution in [1.29, 1.82) is 0 Å². The van der Waals surface area contributed by atoms with Crippen molar-refractivity contribution >= 4 is 0 Å². The van der Waals surface area contributed by atoms with Crippen LogP contribution in [0.2, 0.25) is 0 Å². The fourth-order valence-corrected chi connectivity index (χ4v) is 3.35. The topological polar surface area (TPSA) is 9.23 Å². The van der Waals surface area contributed by atoms with E-state index in [1.807, 2.05) is 18.2 Å². The summed E-state index contributed by atoms with van der Waals surface area (Å²) in [5, 5.41) is 0. The third-order valence-electron chi connectivity index (χ3n) is 4.85. The molecule has 1 unspecified atom stereocenters. The van der Waals surface area contributed by atoms with Gasteiger partial charge in [0.15, 0.2) is 0 Å². The lowest BCUT2D eigenvalue weighted by molar-refractivity contribution is -0.153. The molecule has 0 fully saturated rings. The van der Waals surface area contributed by atoms with Gasteiger partial charge in [-0.15, -0.1) is 0 Å². The highest BCUT2D eigenvalue weighted by molar-refractivity contribution is 5.34. The van der Waals surface area contributed by atoms with Gasteiger partial charge in [0.05, 0.1) is 11.5 Å². The lowest BCUT2D eigenvalue weighted by Crippen LogP contribution is -2.21. The van der Waals surface area contributed by atoms with Gasteiger partial charge in [0, 0.05) is 0 Å². The molecular weight excluding hydrogens is 418 g/mol. The van der Waals surface area contributed by atoms with E-state index in [2.05, 4.69) is 0 Å². The summed E-state index contributed by atoms with van der Waals surface area (Å²) in [6.45, 7) is 0. The van der Waals surface area contributed by atoms with Crippen LogP contribution in [-0.4, -0.2) is 6.18 Å². The molecule has 7 heteroatoms. The molecule has 0 aliphatic carbocycles. The molecule has 0 amide bonds. The van der Waals surface area contributed by atoms with E-state index in [1.165, 1.54) is 0 Å². The highest BCUT2D eigenvalue weighted by atomic mass is 19.4. The number of benzene rings is 3. The molecule has 0 heterocycles. The summed E-state index contributed by atoms with van der Waals surface area (Å²) in [5.74, 6) is -0.756. The number of ether oxygens (including phenoxy) is 1. The van der Waals surface area contributed by atoms with Crippen molar-refractivity contribution < 1.29 is 31.1 Å². The number of hydrogen-bond acceptors (Lipinski definition) is 1. The minimum atomic E-state index is -4.69. The third-order valence-corrected chi connectivity index (χ3v) is 4.85. The summed E-state index contributed by atoms with van der Waals surface area (Å²) in [5.41, 5.74) is -0.660. The number of aryl methyl sites for hydroxylation is 1. The predicted molar refractivity (Wildman–Crippen MR) is 106 cm³/mol. The molecule has 0 spiro atoms. The summed E-state index contributed by atoms with van der Waals surface area (Å²) in [6, 6.07) is 19.6. The molecular formula is C24H20F6O. The van der Waals surface area contributed by atoms with Gasteiger partial charge in [0.25, 0.3) is 0 Å². The summed E-state index contributed by atoms with van der Waals surface area (Å²) >= 11 is 0. The molecule has 0 saturated carbocycles. The maximum Gasteiger partial charge on any atom is 0.416 e. The molecule has 0 aliphatic heterocycles. The lowest BCUT2D eigenvalue weighted by atomic mass is 9.91. The third kappa shape index (κ3) is 6.51. The standard InChI is InChI=1S/C24H20F6O/c25-23(26,27)19-10-6-9-18(16-19)22(24(28,29)30)14-5-8-17-7-4-13-21(15-17)31-20-11-2-1-3-12-20/h1-4,6-7,9-13,15-16,22H,5,8,14H2. The van der Waals surface area contributed by atoms with Crippen molar-refractivity contribution in [3.05, 3.63) is 95.6 Å². The van der Waals surface area contributed by atoms with Crippen LogP contribution < -0.4 is 4.74 Å². The van der Waals surface area contributed by atoms with Crippen LogP contribution in [0.1, 0.15) is 35.4 Å². The molecule has 3 rings (SSSR count). The Morgan fingerprint density at radius 3 is 2.06 bits per heavy atom. The second-order valence-corrected chi connectivity index (χ2v) is 7.17. The first-order valence-electron chi connectivity index (χ1n) is 9.68. The number of halogens is 6. The molecule has 1 nitrogen and oxygen atoms in total. The van der Waals surface area contributed by atoms with Crippen LogP contribution in [0.25, 0.3) is 0 Å². The minimum absolute atomic E-state index is 0.162. The Hall–Kier alpha value is -2.96. The highest BCUT2D eigenvalue weighted by Gasteiger charge is 2.41. The zero-order chi connectivity index (χ0) is 22.5. The SMILES string of the molecule is FC(F)(F)c1cccc(C(CCCc2cccc(Oc3ccccc3)c2)C(F)(F)F)c1. The molecule has 1 atom stereocenters. The average Bonchev–Trinajstić information content (AvgIpc) is 2.71. The number of para-hydroxylation sites is 1. The van der Waals surface area contributed by atoms with E-state index in [1.54, 1.807) is 36.4 Å². The summed E-state index contributed by atoms with van der Waals surface area (Å²) in [7, 11) is 0. The van der Waals surface area contributed by atoms with Crippen LogP contribution in [0, 0.1) is 0 Å². The smallest absolute Gasteiger partial charge is 0.416 e. The molecule has 3 aromatic rings. The second kappa shape index (κ2) is 9.45. The van der Waals surface area contributed by atoms with E-state index >= 15 is 0 Å². The quantitative estimate of drug-likeness (QED) is 0.338. The normalized spacial score (nSPS) is 13.1. The van der Waals surface area contributed by atoms with Crippen molar-refractivity contribution in [3.8, 4) is 11.5 Å². The van der Waals surface area contributed by atoms with Crippen LogP contribution in [0.15, 0.2) is 78.9 Å². The zero-order valence-corrected chi connectivity index (χ0v) is 16.4. The Kier molecular flexibility index (Phi) is 6.93. The van der Waals surface area contributed by atoms with Crippen molar-refractivity contribution in [2.24, 2.45) is 0 Å². The van der Waals surface area contributed by atoms with E-state index in [0.717, 1.165) is 23.8 Å². The van der Waals surface area contributed by atoms with Crippen molar-refractivity contribution in [1.82, 2.24) is 0 Å². The Morgan fingerprint density at radius 1 is 0.710 bits per heavy atom. The van der Waals surface area contributed by atoms with Gasteiger partial charge in [-0.25, -0.2) is 0 Å². The Bertz CT molecular complexity index is 979. The van der Waals surface area contributed by atoms with Gasteiger partial charge >= 0.3 is 12.4 Å². The van der Waals surface area contributed by atoms with Gasteiger partial charge in [-0.1, -0.05) is 48.5 Å². The highest BCUT2D eigenvalue weighted by Crippen LogP contribution is 2.40. The predicted octanol–water partition coefficient (Wildman–Crippen LogP) is 8.17. The Morgan fingerprint density at radius 2 is 1.39 bits per heavy atom. The van der Waals surface area contributed by atoms with Crippen LogP contribution in [0.5, 0.6) is 11.5 Å². The van der Waals surface area contributed by atoms with Crippen LogP contribution in [0.4, 0.5) is 26.3 Å². The minimum Gasteiger partial charge on any atom is -0.457 e. The largest absolute Gasteiger partial charge is 0.457 e. The molecule has 3 aromatic carbocycles. The van der Waals surface area contributed by atoms with Gasteiger partial charge in [0.1, 0.15) is 11.5 Å². The van der Waals surface area contributed by atoms with Crippen molar-refractivity contribution in [2.45, 2.75) is 37.5 Å². The van der Waals surface area contributed by atoms with Gasteiger partial charge < -0.3 is 4.74 Å². The van der Waals surface area contributed by atoms with E-state index in [4.69, 9.17) is 4.74 Å².